The number of piperazine rings is 1. The molecule has 0 saturated carbocycles. The molecule has 2 N–H and O–H groups in total. The highest BCUT2D eigenvalue weighted by Crippen LogP contribution is 2.32. The molecular weight excluding hydrogens is 410 g/mol. The standard InChI is InChI=1S/C20H25N3O6S/c1-21-11-16(15-10-13(19(24)25)2-3-17(15)21)18(20(26)27)23-7-5-22(6-8-23)14-4-9-30(28,29)12-14/h2-3,10-11,14,18H,4-9,12H2,1H3,(H,24,25)(H,26,27)/t14-,18+/m0/s1. The van der Waals surface area contributed by atoms with E-state index in [4.69, 9.17) is 0 Å². The van der Waals surface area contributed by atoms with Gasteiger partial charge < -0.3 is 14.8 Å². The molecule has 2 aromatic rings. The second kappa shape index (κ2) is 7.68. The second-order valence-electron chi connectivity index (χ2n) is 8.10. The molecule has 1 aromatic carbocycles. The van der Waals surface area contributed by atoms with Crippen LogP contribution in [0.1, 0.15) is 28.4 Å². The Morgan fingerprint density at radius 2 is 1.83 bits per heavy atom. The summed E-state index contributed by atoms with van der Waals surface area (Å²) in [6.07, 6.45) is 2.39. The molecule has 10 heteroatoms. The smallest absolute Gasteiger partial charge is 0.335 e. The highest BCUT2D eigenvalue weighted by molar-refractivity contribution is 7.91. The molecule has 9 nitrogen and oxygen atoms in total. The van der Waals surface area contributed by atoms with E-state index < -0.39 is 27.8 Å². The fraction of sp³-hybridized carbons (Fsp3) is 0.500. The first kappa shape index (κ1) is 20.8. The highest BCUT2D eigenvalue weighted by Gasteiger charge is 2.37. The van der Waals surface area contributed by atoms with E-state index in [9.17, 15) is 28.2 Å². The van der Waals surface area contributed by atoms with Crippen molar-refractivity contribution >= 4 is 32.7 Å². The predicted octanol–water partition coefficient (Wildman–Crippen LogP) is 0.807. The number of rotatable bonds is 5. The minimum absolute atomic E-state index is 0.0103. The number of fused-ring (bicyclic) bond motifs is 1. The largest absolute Gasteiger partial charge is 0.480 e. The predicted molar refractivity (Wildman–Crippen MR) is 110 cm³/mol. The van der Waals surface area contributed by atoms with Gasteiger partial charge >= 0.3 is 11.9 Å². The van der Waals surface area contributed by atoms with E-state index in [0.717, 1.165) is 5.52 Å². The van der Waals surface area contributed by atoms with Crippen LogP contribution in [0.3, 0.4) is 0 Å². The van der Waals surface area contributed by atoms with E-state index in [0.29, 0.717) is 43.5 Å². The first-order valence-electron chi connectivity index (χ1n) is 9.90. The normalized spacial score (nSPS) is 23.6. The molecule has 2 aliphatic heterocycles. The molecule has 2 saturated heterocycles. The number of carboxylic acid groups (broad SMARTS) is 2. The van der Waals surface area contributed by atoms with Gasteiger partial charge in [-0.05, 0) is 24.6 Å². The molecule has 1 aromatic heterocycles. The Kier molecular flexibility index (Phi) is 5.33. The Bertz CT molecular complexity index is 1100. The van der Waals surface area contributed by atoms with Crippen molar-refractivity contribution in [3.05, 3.63) is 35.5 Å². The lowest BCUT2D eigenvalue weighted by molar-refractivity contribution is -0.144. The van der Waals surface area contributed by atoms with E-state index in [2.05, 4.69) is 4.90 Å². The van der Waals surface area contributed by atoms with Gasteiger partial charge in [0.2, 0.25) is 0 Å². The molecule has 0 unspecified atom stereocenters. The maximum Gasteiger partial charge on any atom is 0.335 e. The van der Waals surface area contributed by atoms with Gasteiger partial charge in [0.05, 0.1) is 17.1 Å². The molecule has 0 spiro atoms. The number of aromatic carboxylic acids is 1. The Balaban J connectivity index is 1.59. The van der Waals surface area contributed by atoms with E-state index >= 15 is 0 Å². The molecule has 30 heavy (non-hydrogen) atoms. The minimum atomic E-state index is -2.96. The monoisotopic (exact) mass is 435 g/mol. The van der Waals surface area contributed by atoms with Crippen LogP contribution in [0.15, 0.2) is 24.4 Å². The Morgan fingerprint density at radius 1 is 1.13 bits per heavy atom. The molecule has 0 aliphatic carbocycles. The number of hydrogen-bond acceptors (Lipinski definition) is 6. The van der Waals surface area contributed by atoms with Gasteiger partial charge in [0.1, 0.15) is 6.04 Å². The van der Waals surface area contributed by atoms with Crippen LogP contribution in [-0.2, 0) is 21.7 Å². The summed E-state index contributed by atoms with van der Waals surface area (Å²) >= 11 is 0. The van der Waals surface area contributed by atoms with Crippen molar-refractivity contribution in [2.24, 2.45) is 7.05 Å². The molecule has 2 atom stereocenters. The number of aryl methyl sites for hydroxylation is 1. The first-order valence-corrected chi connectivity index (χ1v) is 11.7. The van der Waals surface area contributed by atoms with Crippen molar-refractivity contribution in [3.63, 3.8) is 0 Å². The fourth-order valence-corrected chi connectivity index (χ4v) is 6.45. The van der Waals surface area contributed by atoms with Crippen molar-refractivity contribution in [2.45, 2.75) is 18.5 Å². The molecule has 0 bridgehead atoms. The molecular formula is C20H25N3O6S. The number of aliphatic carboxylic acids is 1. The number of nitrogens with zero attached hydrogens (tertiary/aromatic N) is 3. The zero-order chi connectivity index (χ0) is 21.6. The topological polar surface area (TPSA) is 120 Å². The molecule has 162 valence electrons. The number of carbonyl (C=O) groups is 2. The fourth-order valence-electron chi connectivity index (χ4n) is 4.68. The van der Waals surface area contributed by atoms with Crippen LogP contribution in [0.25, 0.3) is 10.9 Å². The number of hydrogen-bond donors (Lipinski definition) is 2. The lowest BCUT2D eigenvalue weighted by atomic mass is 10.0. The minimum Gasteiger partial charge on any atom is -0.480 e. The van der Waals surface area contributed by atoms with Gasteiger partial charge in [0, 0.05) is 61.9 Å². The third-order valence-corrected chi connectivity index (χ3v) is 7.98. The number of benzene rings is 1. The summed E-state index contributed by atoms with van der Waals surface area (Å²) in [4.78, 5) is 27.7. The van der Waals surface area contributed by atoms with Crippen LogP contribution in [0.4, 0.5) is 0 Å². The van der Waals surface area contributed by atoms with Crippen LogP contribution in [0.2, 0.25) is 0 Å². The Hall–Kier alpha value is -2.43. The first-order chi connectivity index (χ1) is 14.2. The summed E-state index contributed by atoms with van der Waals surface area (Å²) in [5.41, 5.74) is 1.46. The van der Waals surface area contributed by atoms with Crippen LogP contribution in [0.5, 0.6) is 0 Å². The van der Waals surface area contributed by atoms with Crippen LogP contribution in [0, 0.1) is 0 Å². The lowest BCUT2D eigenvalue weighted by Crippen LogP contribution is -2.52. The third kappa shape index (κ3) is 3.82. The van der Waals surface area contributed by atoms with E-state index in [1.54, 1.807) is 12.3 Å². The zero-order valence-electron chi connectivity index (χ0n) is 16.7. The summed E-state index contributed by atoms with van der Waals surface area (Å²) in [5.74, 6) is -1.65. The molecule has 0 radical (unpaired) electrons. The molecule has 0 amide bonds. The maximum absolute atomic E-state index is 12.2. The summed E-state index contributed by atoms with van der Waals surface area (Å²) < 4.78 is 25.4. The van der Waals surface area contributed by atoms with Crippen molar-refractivity contribution in [1.82, 2.24) is 14.4 Å². The van der Waals surface area contributed by atoms with Crippen LogP contribution in [-0.4, -0.2) is 88.7 Å². The van der Waals surface area contributed by atoms with Gasteiger partial charge in [-0.15, -0.1) is 0 Å². The SMILES string of the molecule is Cn1cc([C@H](C(=O)O)N2CCN([C@H]3CCS(=O)(=O)C3)CC2)c2cc(C(=O)O)ccc21. The van der Waals surface area contributed by atoms with Gasteiger partial charge in [-0.2, -0.15) is 0 Å². The van der Waals surface area contributed by atoms with Gasteiger partial charge in [0.25, 0.3) is 0 Å². The van der Waals surface area contributed by atoms with Crippen molar-refractivity contribution in [3.8, 4) is 0 Å². The summed E-state index contributed by atoms with van der Waals surface area (Å²) in [7, 11) is -1.15. The average Bonchev–Trinajstić information content (AvgIpc) is 3.21. The average molecular weight is 436 g/mol. The Labute approximate surface area is 174 Å². The molecule has 2 aliphatic rings. The van der Waals surface area contributed by atoms with Gasteiger partial charge in [-0.3, -0.25) is 14.6 Å². The number of sulfone groups is 1. The van der Waals surface area contributed by atoms with Gasteiger partial charge in [0.15, 0.2) is 9.84 Å². The van der Waals surface area contributed by atoms with Crippen LogP contribution >= 0.6 is 0 Å². The highest BCUT2D eigenvalue weighted by atomic mass is 32.2. The third-order valence-electron chi connectivity index (χ3n) is 6.23. The second-order valence-corrected chi connectivity index (χ2v) is 10.3. The Morgan fingerprint density at radius 3 is 2.40 bits per heavy atom. The van der Waals surface area contributed by atoms with Crippen LogP contribution < -0.4 is 0 Å². The number of aromatic nitrogens is 1. The summed E-state index contributed by atoms with van der Waals surface area (Å²) in [5, 5.41) is 20.0. The van der Waals surface area contributed by atoms with E-state index in [1.807, 2.05) is 16.5 Å². The zero-order valence-corrected chi connectivity index (χ0v) is 17.5. The number of carboxylic acids is 2. The summed E-state index contributed by atoms with van der Waals surface area (Å²) in [6.45, 7) is 2.22. The van der Waals surface area contributed by atoms with Crippen molar-refractivity contribution in [1.29, 1.82) is 0 Å². The van der Waals surface area contributed by atoms with E-state index in [1.165, 1.54) is 12.1 Å². The molecule has 3 heterocycles. The molecule has 4 rings (SSSR count). The van der Waals surface area contributed by atoms with Gasteiger partial charge in [-0.25, -0.2) is 13.2 Å². The lowest BCUT2D eigenvalue weighted by Gasteiger charge is -2.40. The van der Waals surface area contributed by atoms with Crippen molar-refractivity contribution < 1.29 is 28.2 Å². The van der Waals surface area contributed by atoms with Gasteiger partial charge in [-0.1, -0.05) is 0 Å². The van der Waals surface area contributed by atoms with Crippen molar-refractivity contribution in [2.75, 3.05) is 37.7 Å². The van der Waals surface area contributed by atoms with E-state index in [-0.39, 0.29) is 23.1 Å². The summed E-state index contributed by atoms with van der Waals surface area (Å²) in [6, 6.07) is 3.85. The quantitative estimate of drug-likeness (QED) is 0.708. The maximum atomic E-state index is 12.2. The molecule has 2 fully saturated rings.